The van der Waals surface area contributed by atoms with Gasteiger partial charge < -0.3 is 24.1 Å². The lowest BCUT2D eigenvalue weighted by atomic mass is 9.78. The number of nitrogens with one attached hydrogen (secondary N) is 2. The quantitative estimate of drug-likeness (QED) is 0.0815. The van der Waals surface area contributed by atoms with Gasteiger partial charge in [0.1, 0.15) is 12.2 Å². The average molecular weight is 637 g/mol. The van der Waals surface area contributed by atoms with Crippen LogP contribution < -0.4 is 10.0 Å². The highest BCUT2D eigenvalue weighted by molar-refractivity contribution is 7.87. The van der Waals surface area contributed by atoms with Gasteiger partial charge in [0.15, 0.2) is 5.54 Å². The van der Waals surface area contributed by atoms with Crippen LogP contribution in [0.1, 0.15) is 66.9 Å². The molecule has 244 valence electrons. The molecule has 2 fully saturated rings. The Balaban J connectivity index is 1.73. The molecule has 2 heterocycles. The summed E-state index contributed by atoms with van der Waals surface area (Å²) in [5.74, 6) is -1.48. The molecule has 3 rings (SSSR count). The van der Waals surface area contributed by atoms with Gasteiger partial charge in [-0.2, -0.15) is 12.7 Å². The van der Waals surface area contributed by atoms with Gasteiger partial charge in [0.25, 0.3) is 10.2 Å². The molecule has 2 saturated heterocycles. The predicted octanol–water partition coefficient (Wildman–Crippen LogP) is 3.94. The van der Waals surface area contributed by atoms with Crippen LogP contribution >= 0.6 is 0 Å². The third-order valence-corrected chi connectivity index (χ3v) is 9.55. The van der Waals surface area contributed by atoms with Gasteiger partial charge in [0.2, 0.25) is 0 Å². The molecule has 1 aromatic carbocycles. The lowest BCUT2D eigenvalue weighted by Crippen LogP contribution is -2.48. The number of amides is 1. The van der Waals surface area contributed by atoms with Gasteiger partial charge in [-0.05, 0) is 78.2 Å². The molecule has 0 aliphatic carbocycles. The van der Waals surface area contributed by atoms with E-state index in [1.807, 2.05) is 33.8 Å². The van der Waals surface area contributed by atoms with Gasteiger partial charge in [-0.3, -0.25) is 4.79 Å². The molecule has 0 radical (unpaired) electrons. The third-order valence-electron chi connectivity index (χ3n) is 8.02. The van der Waals surface area contributed by atoms with Gasteiger partial charge in [-0.15, -0.1) is 0 Å². The number of carbonyl (C=O) groups is 2. The number of esters is 1. The van der Waals surface area contributed by atoms with Crippen molar-refractivity contribution < 1.29 is 36.8 Å². The van der Waals surface area contributed by atoms with Gasteiger partial charge in [0, 0.05) is 31.1 Å². The van der Waals surface area contributed by atoms with Crippen LogP contribution in [0.4, 0.5) is 4.79 Å². The zero-order valence-electron chi connectivity index (χ0n) is 26.7. The summed E-state index contributed by atoms with van der Waals surface area (Å²) in [5.41, 5.74) is 6.76. The molecule has 0 saturated carbocycles. The predicted molar refractivity (Wildman–Crippen MR) is 164 cm³/mol. The first-order valence-corrected chi connectivity index (χ1v) is 16.2. The molecule has 2 N–H and O–H groups in total. The van der Waals surface area contributed by atoms with E-state index in [1.165, 1.54) is 0 Å². The number of rotatable bonds is 13. The summed E-state index contributed by atoms with van der Waals surface area (Å²) in [6, 6.07) is 9.02. The Hall–Kier alpha value is -2.88. The minimum absolute atomic E-state index is 0.0277. The van der Waals surface area contributed by atoms with Crippen LogP contribution in [0.2, 0.25) is 6.32 Å². The Morgan fingerprint density at radius 1 is 1.14 bits per heavy atom. The summed E-state index contributed by atoms with van der Waals surface area (Å²) in [7, 11) is -4.61. The highest BCUT2D eigenvalue weighted by Crippen LogP contribution is 2.41. The summed E-state index contributed by atoms with van der Waals surface area (Å²) in [4.78, 5) is 28.5. The normalized spacial score (nSPS) is 23.2. The average Bonchev–Trinajstić information content (AvgIpc) is 3.39. The monoisotopic (exact) mass is 636 g/mol. The number of carbonyl (C=O) groups excluding carboxylic acids is 2. The topological polar surface area (TPSA) is 181 Å². The summed E-state index contributed by atoms with van der Waals surface area (Å²) in [6.07, 6.45) is 0.673. The molecular weight excluding hydrogens is 591 g/mol. The fourth-order valence-corrected chi connectivity index (χ4v) is 6.34. The van der Waals surface area contributed by atoms with E-state index in [4.69, 9.17) is 18.8 Å². The van der Waals surface area contributed by atoms with E-state index in [0.29, 0.717) is 19.2 Å². The third kappa shape index (κ3) is 9.08. The van der Waals surface area contributed by atoms with Crippen LogP contribution in [0.25, 0.3) is 10.4 Å². The van der Waals surface area contributed by atoms with E-state index in [-0.39, 0.29) is 26.2 Å². The van der Waals surface area contributed by atoms with Crippen molar-refractivity contribution >= 4 is 29.4 Å². The van der Waals surface area contributed by atoms with E-state index in [9.17, 15) is 23.5 Å². The summed E-state index contributed by atoms with van der Waals surface area (Å²) < 4.78 is 53.1. The van der Waals surface area contributed by atoms with E-state index in [0.717, 1.165) is 9.87 Å². The number of alkyl carbamates (subject to hydrolysis) is 1. The van der Waals surface area contributed by atoms with Crippen LogP contribution in [-0.4, -0.2) is 80.4 Å². The largest absolute Gasteiger partial charge is 0.460 e. The van der Waals surface area contributed by atoms with Crippen LogP contribution in [-0.2, 0) is 40.4 Å². The fraction of sp³-hybridized carbons (Fsp3) is 0.714. The number of hydrogen-bond acceptors (Lipinski definition) is 9. The minimum atomic E-state index is -4.14. The molecule has 0 spiro atoms. The molecule has 16 heteroatoms. The van der Waals surface area contributed by atoms with Crippen molar-refractivity contribution in [2.45, 2.75) is 96.6 Å². The maximum atomic E-state index is 13.6. The smallest absolute Gasteiger partial charge is 0.457 e. The molecule has 0 aromatic heterocycles. The van der Waals surface area contributed by atoms with Crippen molar-refractivity contribution in [2.75, 3.05) is 26.2 Å². The van der Waals surface area contributed by atoms with Gasteiger partial charge in [-0.1, -0.05) is 41.9 Å². The molecule has 14 nitrogen and oxygen atoms in total. The standard InChI is InChI=1S/C28H45BN6O8S/c1-25(2,3)41-24(37)31-16-17-32-44(38,39)35-18-22(14-11-15-29-42-26(4,5)27(6,7)43-29)28(20-35,33-34-30)23(36)40-19-21-12-9-8-10-13-21/h8-10,12-13,22,32H,11,14-20H2,1-7H3,(H,31,37). The second-order valence-corrected chi connectivity index (χ2v) is 14.9. The number of hydrogen-bond donors (Lipinski definition) is 2. The minimum Gasteiger partial charge on any atom is -0.460 e. The first-order valence-electron chi connectivity index (χ1n) is 14.8. The molecule has 1 amide bonds. The Kier molecular flexibility index (Phi) is 11.4. The lowest BCUT2D eigenvalue weighted by molar-refractivity contribution is -0.152. The van der Waals surface area contributed by atoms with Crippen LogP contribution in [0.3, 0.4) is 0 Å². The molecule has 2 unspecified atom stereocenters. The van der Waals surface area contributed by atoms with Crippen molar-refractivity contribution in [3.05, 3.63) is 46.3 Å². The van der Waals surface area contributed by atoms with E-state index >= 15 is 0 Å². The molecule has 44 heavy (non-hydrogen) atoms. The molecule has 2 aliphatic heterocycles. The lowest BCUT2D eigenvalue weighted by Gasteiger charge is -2.32. The molecule has 1 aromatic rings. The highest BCUT2D eigenvalue weighted by atomic mass is 32.2. The molecule has 0 bridgehead atoms. The van der Waals surface area contributed by atoms with Crippen LogP contribution in [0.5, 0.6) is 0 Å². The van der Waals surface area contributed by atoms with Crippen molar-refractivity contribution in [1.82, 2.24) is 14.3 Å². The van der Waals surface area contributed by atoms with Crippen molar-refractivity contribution in [2.24, 2.45) is 11.0 Å². The van der Waals surface area contributed by atoms with E-state index < -0.39 is 64.2 Å². The van der Waals surface area contributed by atoms with Gasteiger partial charge >= 0.3 is 19.2 Å². The zero-order chi connectivity index (χ0) is 32.8. The number of nitrogens with zero attached hydrogens (tertiary/aromatic N) is 4. The summed E-state index contributed by atoms with van der Waals surface area (Å²) in [6.45, 7) is 12.3. The van der Waals surface area contributed by atoms with Crippen molar-refractivity contribution in [3.8, 4) is 0 Å². The van der Waals surface area contributed by atoms with Crippen molar-refractivity contribution in [1.29, 1.82) is 0 Å². The number of benzene rings is 1. The number of azide groups is 1. The van der Waals surface area contributed by atoms with E-state index in [1.54, 1.807) is 45.0 Å². The second-order valence-electron chi connectivity index (χ2n) is 13.1. The van der Waals surface area contributed by atoms with Crippen molar-refractivity contribution in [3.63, 3.8) is 0 Å². The fourth-order valence-electron chi connectivity index (χ4n) is 5.05. The first kappa shape index (κ1) is 35.6. The molecular formula is C28H45BN6O8S. The summed E-state index contributed by atoms with van der Waals surface area (Å²) in [5, 5.41) is 6.39. The van der Waals surface area contributed by atoms with Gasteiger partial charge in [0.05, 0.1) is 11.2 Å². The van der Waals surface area contributed by atoms with Crippen LogP contribution in [0.15, 0.2) is 35.4 Å². The SMILES string of the molecule is CC(C)(C)OC(=O)NCCNS(=O)(=O)N1CC(CCCB2OC(C)(C)C(C)(C)O2)C(N=[N+]=[N-])(C(=O)OCc2ccccc2)C1. The Morgan fingerprint density at radius 3 is 2.36 bits per heavy atom. The van der Waals surface area contributed by atoms with E-state index in [2.05, 4.69) is 20.1 Å². The zero-order valence-corrected chi connectivity index (χ0v) is 27.5. The summed E-state index contributed by atoms with van der Waals surface area (Å²) >= 11 is 0. The van der Waals surface area contributed by atoms with Crippen LogP contribution in [0, 0.1) is 5.92 Å². The Morgan fingerprint density at radius 2 is 1.77 bits per heavy atom. The first-order chi connectivity index (χ1) is 20.4. The maximum Gasteiger partial charge on any atom is 0.457 e. The molecule has 2 atom stereocenters. The van der Waals surface area contributed by atoms with Gasteiger partial charge in [-0.25, -0.2) is 9.52 Å². The Bertz CT molecular complexity index is 1300. The highest BCUT2D eigenvalue weighted by Gasteiger charge is 2.56. The molecule has 2 aliphatic rings. The maximum absolute atomic E-state index is 13.6. The second kappa shape index (κ2) is 14.0. The number of ether oxygens (including phenoxy) is 2. The Labute approximate surface area is 260 Å².